The van der Waals surface area contributed by atoms with Crippen molar-refractivity contribution in [2.75, 3.05) is 6.54 Å². The monoisotopic (exact) mass is 308 g/mol. The smallest absolute Gasteiger partial charge is 0.254 e. The number of hydrogen-bond acceptors (Lipinski definition) is 1. The first-order valence-corrected chi connectivity index (χ1v) is 8.70. The van der Waals surface area contributed by atoms with E-state index in [4.69, 9.17) is 0 Å². The zero-order valence-electron chi connectivity index (χ0n) is 14.0. The van der Waals surface area contributed by atoms with E-state index < -0.39 is 0 Å². The van der Waals surface area contributed by atoms with E-state index in [-0.39, 0.29) is 5.91 Å². The fourth-order valence-corrected chi connectivity index (χ4v) is 3.36. The van der Waals surface area contributed by atoms with Gasteiger partial charge in [0.05, 0.1) is 0 Å². The van der Waals surface area contributed by atoms with Crippen molar-refractivity contribution in [3.8, 4) is 5.69 Å². The number of carbonyl (C=O) groups excluding carboxylic acids is 1. The Bertz CT molecular complexity index is 701. The third-order valence-corrected chi connectivity index (χ3v) is 5.04. The van der Waals surface area contributed by atoms with E-state index in [1.54, 1.807) is 0 Å². The minimum atomic E-state index is 0.215. The molecular formula is C20H24N2O. The Balaban J connectivity index is 1.56. The largest absolute Gasteiger partial charge is 0.335 e. The minimum absolute atomic E-state index is 0.215. The summed E-state index contributed by atoms with van der Waals surface area (Å²) in [7, 11) is 0. The zero-order valence-corrected chi connectivity index (χ0v) is 14.0. The topological polar surface area (TPSA) is 25.2 Å². The Labute approximate surface area is 137 Å². The standard InChI is InChI=1S/C20H24N2O/c1-14-3-4-15(2)22(14)19-9-7-17(8-10-19)20(23)21(18-11-12-18)13-16-5-6-16/h3-4,7-10,16,18H,5-6,11-13H2,1-2H3. The van der Waals surface area contributed by atoms with Crippen molar-refractivity contribution in [3.63, 3.8) is 0 Å². The highest BCUT2D eigenvalue weighted by Crippen LogP contribution is 2.35. The highest BCUT2D eigenvalue weighted by atomic mass is 16.2. The van der Waals surface area contributed by atoms with Crippen molar-refractivity contribution in [1.82, 2.24) is 9.47 Å². The second-order valence-corrected chi connectivity index (χ2v) is 7.13. The van der Waals surface area contributed by atoms with Crippen LogP contribution in [0.3, 0.4) is 0 Å². The molecule has 4 rings (SSSR count). The van der Waals surface area contributed by atoms with Gasteiger partial charge < -0.3 is 9.47 Å². The number of amides is 1. The maximum Gasteiger partial charge on any atom is 0.254 e. The summed E-state index contributed by atoms with van der Waals surface area (Å²) in [4.78, 5) is 15.0. The van der Waals surface area contributed by atoms with Crippen LogP contribution >= 0.6 is 0 Å². The second-order valence-electron chi connectivity index (χ2n) is 7.13. The van der Waals surface area contributed by atoms with Crippen LogP contribution in [0, 0.1) is 19.8 Å². The van der Waals surface area contributed by atoms with E-state index in [1.807, 2.05) is 12.1 Å². The molecule has 23 heavy (non-hydrogen) atoms. The Kier molecular flexibility index (Phi) is 3.51. The molecule has 3 nitrogen and oxygen atoms in total. The van der Waals surface area contributed by atoms with Crippen LogP contribution in [0.25, 0.3) is 5.69 Å². The number of benzene rings is 1. The SMILES string of the molecule is Cc1ccc(C)n1-c1ccc(C(=O)N(CC2CC2)C2CC2)cc1. The summed E-state index contributed by atoms with van der Waals surface area (Å²) in [5.74, 6) is 0.968. The van der Waals surface area contributed by atoms with Gasteiger partial charge in [-0.05, 0) is 81.8 Å². The third kappa shape index (κ3) is 2.92. The number of aryl methyl sites for hydroxylation is 2. The van der Waals surface area contributed by atoms with Crippen molar-refractivity contribution in [2.24, 2.45) is 5.92 Å². The fraction of sp³-hybridized carbons (Fsp3) is 0.450. The van der Waals surface area contributed by atoms with Crippen LogP contribution in [0.4, 0.5) is 0 Å². The molecule has 0 N–H and O–H groups in total. The van der Waals surface area contributed by atoms with Crippen LogP contribution in [0.5, 0.6) is 0 Å². The highest BCUT2D eigenvalue weighted by molar-refractivity contribution is 5.94. The van der Waals surface area contributed by atoms with Crippen LogP contribution in [0.15, 0.2) is 36.4 Å². The molecule has 1 heterocycles. The Morgan fingerprint density at radius 3 is 2.13 bits per heavy atom. The lowest BCUT2D eigenvalue weighted by Crippen LogP contribution is -2.34. The molecule has 1 amide bonds. The summed E-state index contributed by atoms with van der Waals surface area (Å²) in [6, 6.07) is 12.8. The van der Waals surface area contributed by atoms with E-state index >= 15 is 0 Å². The van der Waals surface area contributed by atoms with Gasteiger partial charge in [0.1, 0.15) is 0 Å². The van der Waals surface area contributed by atoms with Crippen LogP contribution in [-0.2, 0) is 0 Å². The van der Waals surface area contributed by atoms with Gasteiger partial charge in [0, 0.05) is 35.2 Å². The Morgan fingerprint density at radius 1 is 1.00 bits per heavy atom. The molecule has 0 spiro atoms. The van der Waals surface area contributed by atoms with Crippen LogP contribution in [0.2, 0.25) is 0 Å². The first-order chi connectivity index (χ1) is 11.1. The quantitative estimate of drug-likeness (QED) is 0.816. The lowest BCUT2D eigenvalue weighted by molar-refractivity contribution is 0.0735. The molecule has 0 atom stereocenters. The average molecular weight is 308 g/mol. The molecule has 0 bridgehead atoms. The predicted octanol–water partition coefficient (Wildman–Crippen LogP) is 4.11. The maximum atomic E-state index is 12.8. The van der Waals surface area contributed by atoms with Gasteiger partial charge in [-0.1, -0.05) is 0 Å². The van der Waals surface area contributed by atoms with Gasteiger partial charge in [-0.25, -0.2) is 0 Å². The van der Waals surface area contributed by atoms with Gasteiger partial charge in [-0.15, -0.1) is 0 Å². The van der Waals surface area contributed by atoms with Crippen LogP contribution in [0.1, 0.15) is 47.4 Å². The summed E-state index contributed by atoms with van der Waals surface area (Å²) in [5.41, 5.74) is 4.38. The number of rotatable bonds is 5. The van der Waals surface area contributed by atoms with Gasteiger partial charge in [0.2, 0.25) is 0 Å². The van der Waals surface area contributed by atoms with E-state index in [2.05, 4.69) is 47.6 Å². The van der Waals surface area contributed by atoms with Gasteiger partial charge in [0.25, 0.3) is 5.91 Å². The molecule has 0 unspecified atom stereocenters. The van der Waals surface area contributed by atoms with E-state index in [1.165, 1.54) is 37.1 Å². The van der Waals surface area contributed by atoms with Crippen molar-refractivity contribution in [2.45, 2.75) is 45.6 Å². The molecule has 2 aromatic rings. The van der Waals surface area contributed by atoms with Crippen molar-refractivity contribution >= 4 is 5.91 Å². The molecule has 0 aliphatic heterocycles. The van der Waals surface area contributed by atoms with E-state index in [9.17, 15) is 4.79 Å². The van der Waals surface area contributed by atoms with Crippen molar-refractivity contribution in [3.05, 3.63) is 53.3 Å². The summed E-state index contributed by atoms with van der Waals surface area (Å²) < 4.78 is 2.22. The Hall–Kier alpha value is -2.03. The lowest BCUT2D eigenvalue weighted by atomic mass is 10.1. The zero-order chi connectivity index (χ0) is 16.0. The average Bonchev–Trinajstić information content (AvgIpc) is 3.45. The molecule has 0 radical (unpaired) electrons. The lowest BCUT2D eigenvalue weighted by Gasteiger charge is -2.22. The normalized spacial score (nSPS) is 17.3. The second kappa shape index (κ2) is 5.55. The van der Waals surface area contributed by atoms with Gasteiger partial charge in [0.15, 0.2) is 0 Å². The number of hydrogen-bond donors (Lipinski definition) is 0. The molecule has 2 fully saturated rings. The molecule has 1 aromatic carbocycles. The van der Waals surface area contributed by atoms with E-state index in [0.717, 1.165) is 23.7 Å². The highest BCUT2D eigenvalue weighted by Gasteiger charge is 2.36. The van der Waals surface area contributed by atoms with Crippen molar-refractivity contribution in [1.29, 1.82) is 0 Å². The predicted molar refractivity (Wildman–Crippen MR) is 92.0 cm³/mol. The van der Waals surface area contributed by atoms with Crippen LogP contribution in [-0.4, -0.2) is 28.0 Å². The summed E-state index contributed by atoms with van der Waals surface area (Å²) in [6.07, 6.45) is 4.94. The van der Waals surface area contributed by atoms with Gasteiger partial charge in [-0.2, -0.15) is 0 Å². The molecule has 2 saturated carbocycles. The van der Waals surface area contributed by atoms with Gasteiger partial charge in [-0.3, -0.25) is 4.79 Å². The van der Waals surface area contributed by atoms with E-state index in [0.29, 0.717) is 6.04 Å². The molecule has 2 aliphatic rings. The number of aromatic nitrogens is 1. The van der Waals surface area contributed by atoms with Crippen molar-refractivity contribution < 1.29 is 4.79 Å². The minimum Gasteiger partial charge on any atom is -0.335 e. The summed E-state index contributed by atoms with van der Waals surface area (Å²) >= 11 is 0. The summed E-state index contributed by atoms with van der Waals surface area (Å²) in [6.45, 7) is 5.17. The third-order valence-electron chi connectivity index (χ3n) is 5.04. The van der Waals surface area contributed by atoms with Gasteiger partial charge >= 0.3 is 0 Å². The maximum absolute atomic E-state index is 12.8. The molecular weight excluding hydrogens is 284 g/mol. The molecule has 1 aromatic heterocycles. The molecule has 0 saturated heterocycles. The molecule has 3 heteroatoms. The number of carbonyl (C=O) groups is 1. The Morgan fingerprint density at radius 2 is 1.61 bits per heavy atom. The number of nitrogens with zero attached hydrogens (tertiary/aromatic N) is 2. The molecule has 120 valence electrons. The fourth-order valence-electron chi connectivity index (χ4n) is 3.36. The summed E-state index contributed by atoms with van der Waals surface area (Å²) in [5, 5.41) is 0. The molecule has 2 aliphatic carbocycles. The van der Waals surface area contributed by atoms with Crippen LogP contribution < -0.4 is 0 Å². The first-order valence-electron chi connectivity index (χ1n) is 8.70. The first kappa shape index (κ1) is 14.6.